The van der Waals surface area contributed by atoms with Crippen LogP contribution in [0.4, 0.5) is 0 Å². The van der Waals surface area contributed by atoms with Gasteiger partial charge in [0.15, 0.2) is 5.78 Å². The third-order valence-corrected chi connectivity index (χ3v) is 2.09. The van der Waals surface area contributed by atoms with Crippen molar-refractivity contribution in [1.29, 1.82) is 0 Å². The molecule has 3 heteroatoms. The topological polar surface area (TPSA) is 34.9 Å². The Morgan fingerprint density at radius 2 is 2.25 bits per heavy atom. The zero-order chi connectivity index (χ0) is 9.14. The van der Waals surface area contributed by atoms with Gasteiger partial charge >= 0.3 is 0 Å². The van der Waals surface area contributed by atoms with Crippen LogP contribution in [-0.2, 0) is 11.3 Å². The molecule has 0 bridgehead atoms. The smallest absolute Gasteiger partial charge is 0.152 e. The van der Waals surface area contributed by atoms with E-state index in [1.807, 2.05) is 25.3 Å². The molecule has 0 N–H and O–H groups in total. The van der Waals surface area contributed by atoms with Gasteiger partial charge in [0.25, 0.3) is 0 Å². The molecule has 3 nitrogen and oxygen atoms in total. The number of ketones is 1. The standard InChI is InChI=1S/C9H14N2O/c1-4-9(12)5-11-6-10-7(2)8(11)3/h6H,4-5H2,1-3H3. The van der Waals surface area contributed by atoms with Crippen molar-refractivity contribution in [1.82, 2.24) is 9.55 Å². The largest absolute Gasteiger partial charge is 0.327 e. The number of carbonyl (C=O) groups is 1. The molecule has 0 saturated carbocycles. The van der Waals surface area contributed by atoms with Crippen LogP contribution in [0.25, 0.3) is 0 Å². The van der Waals surface area contributed by atoms with Gasteiger partial charge in [-0.05, 0) is 13.8 Å². The highest BCUT2D eigenvalue weighted by molar-refractivity contribution is 5.77. The molecular formula is C9H14N2O. The summed E-state index contributed by atoms with van der Waals surface area (Å²) >= 11 is 0. The van der Waals surface area contributed by atoms with Gasteiger partial charge < -0.3 is 4.57 Å². The van der Waals surface area contributed by atoms with Crippen LogP contribution >= 0.6 is 0 Å². The van der Waals surface area contributed by atoms with Crippen LogP contribution in [-0.4, -0.2) is 15.3 Å². The lowest BCUT2D eigenvalue weighted by molar-refractivity contribution is -0.119. The normalized spacial score (nSPS) is 10.2. The molecule has 0 aromatic carbocycles. The van der Waals surface area contributed by atoms with Gasteiger partial charge in [0.05, 0.1) is 18.6 Å². The van der Waals surface area contributed by atoms with E-state index in [-0.39, 0.29) is 5.78 Å². The Morgan fingerprint density at radius 3 is 2.67 bits per heavy atom. The van der Waals surface area contributed by atoms with Crippen molar-refractivity contribution in [2.45, 2.75) is 33.7 Å². The summed E-state index contributed by atoms with van der Waals surface area (Å²) in [7, 11) is 0. The van der Waals surface area contributed by atoms with Crippen molar-refractivity contribution in [2.24, 2.45) is 0 Å². The maximum atomic E-state index is 11.1. The second-order valence-corrected chi connectivity index (χ2v) is 2.94. The first-order valence-electron chi connectivity index (χ1n) is 4.15. The van der Waals surface area contributed by atoms with Crippen molar-refractivity contribution in [3.8, 4) is 0 Å². The van der Waals surface area contributed by atoms with Crippen molar-refractivity contribution in [3.05, 3.63) is 17.7 Å². The number of nitrogens with zero attached hydrogens (tertiary/aromatic N) is 2. The molecule has 0 saturated heterocycles. The molecule has 1 aromatic rings. The highest BCUT2D eigenvalue weighted by Gasteiger charge is 2.04. The molecule has 0 unspecified atom stereocenters. The Bertz CT molecular complexity index is 289. The first kappa shape index (κ1) is 8.97. The van der Waals surface area contributed by atoms with E-state index in [1.165, 1.54) is 0 Å². The summed E-state index contributed by atoms with van der Waals surface area (Å²) in [4.78, 5) is 15.2. The van der Waals surface area contributed by atoms with E-state index in [2.05, 4.69) is 4.98 Å². The molecule has 0 amide bonds. The predicted octanol–water partition coefficient (Wildman–Crippen LogP) is 1.48. The van der Waals surface area contributed by atoms with Gasteiger partial charge in [-0.2, -0.15) is 0 Å². The molecule has 0 spiro atoms. The molecule has 0 atom stereocenters. The number of hydrogen-bond donors (Lipinski definition) is 0. The lowest BCUT2D eigenvalue weighted by atomic mass is 10.3. The number of rotatable bonds is 3. The molecule has 12 heavy (non-hydrogen) atoms. The van der Waals surface area contributed by atoms with Crippen molar-refractivity contribution >= 4 is 5.78 Å². The minimum absolute atomic E-state index is 0.246. The Kier molecular flexibility index (Phi) is 2.63. The first-order chi connectivity index (χ1) is 5.65. The molecule has 1 heterocycles. The molecule has 66 valence electrons. The summed E-state index contributed by atoms with van der Waals surface area (Å²) < 4.78 is 1.89. The summed E-state index contributed by atoms with van der Waals surface area (Å²) in [5.41, 5.74) is 2.08. The second kappa shape index (κ2) is 3.52. The van der Waals surface area contributed by atoms with Crippen molar-refractivity contribution in [2.75, 3.05) is 0 Å². The Balaban J connectivity index is 2.76. The highest BCUT2D eigenvalue weighted by Crippen LogP contribution is 2.04. The fourth-order valence-electron chi connectivity index (χ4n) is 1.01. The van der Waals surface area contributed by atoms with Crippen LogP contribution in [0.3, 0.4) is 0 Å². The average molecular weight is 166 g/mol. The Labute approximate surface area is 72.4 Å². The van der Waals surface area contributed by atoms with Crippen LogP contribution in [0.2, 0.25) is 0 Å². The number of hydrogen-bond acceptors (Lipinski definition) is 2. The van der Waals surface area contributed by atoms with Gasteiger partial charge in [-0.3, -0.25) is 4.79 Å². The number of aryl methyl sites for hydroxylation is 1. The molecule has 1 rings (SSSR count). The quantitative estimate of drug-likeness (QED) is 0.681. The van der Waals surface area contributed by atoms with Crippen LogP contribution in [0.5, 0.6) is 0 Å². The fourth-order valence-corrected chi connectivity index (χ4v) is 1.01. The molecule has 0 fully saturated rings. The number of Topliss-reactive ketones (excluding diaryl/α,β-unsaturated/α-hetero) is 1. The van der Waals surface area contributed by atoms with E-state index in [1.54, 1.807) is 6.33 Å². The van der Waals surface area contributed by atoms with Gasteiger partial charge in [-0.15, -0.1) is 0 Å². The lowest BCUT2D eigenvalue weighted by Crippen LogP contribution is -2.09. The Hall–Kier alpha value is -1.12. The van der Waals surface area contributed by atoms with Crippen LogP contribution in [0.15, 0.2) is 6.33 Å². The fraction of sp³-hybridized carbons (Fsp3) is 0.556. The van der Waals surface area contributed by atoms with Gasteiger partial charge in [0.2, 0.25) is 0 Å². The summed E-state index contributed by atoms with van der Waals surface area (Å²) in [6.45, 7) is 6.26. The van der Waals surface area contributed by atoms with E-state index in [9.17, 15) is 4.79 Å². The molecule has 0 radical (unpaired) electrons. The van der Waals surface area contributed by atoms with Gasteiger partial charge in [-0.25, -0.2) is 4.98 Å². The van der Waals surface area contributed by atoms with E-state index in [0.29, 0.717) is 13.0 Å². The van der Waals surface area contributed by atoms with Gasteiger partial charge in [-0.1, -0.05) is 6.92 Å². The van der Waals surface area contributed by atoms with E-state index >= 15 is 0 Å². The van der Waals surface area contributed by atoms with Gasteiger partial charge in [0.1, 0.15) is 0 Å². The van der Waals surface area contributed by atoms with E-state index in [0.717, 1.165) is 11.4 Å². The Morgan fingerprint density at radius 1 is 1.58 bits per heavy atom. The minimum atomic E-state index is 0.246. The van der Waals surface area contributed by atoms with E-state index < -0.39 is 0 Å². The minimum Gasteiger partial charge on any atom is -0.327 e. The third-order valence-electron chi connectivity index (χ3n) is 2.09. The molecule has 1 aromatic heterocycles. The molecule has 0 aliphatic carbocycles. The zero-order valence-electron chi connectivity index (χ0n) is 7.79. The van der Waals surface area contributed by atoms with E-state index in [4.69, 9.17) is 0 Å². The summed E-state index contributed by atoms with van der Waals surface area (Å²) in [6.07, 6.45) is 2.31. The highest BCUT2D eigenvalue weighted by atomic mass is 16.1. The van der Waals surface area contributed by atoms with Crippen LogP contribution in [0.1, 0.15) is 24.7 Å². The maximum Gasteiger partial charge on any atom is 0.152 e. The summed E-state index contributed by atoms with van der Waals surface area (Å²) in [6, 6.07) is 0. The number of imidazole rings is 1. The number of aromatic nitrogens is 2. The zero-order valence-corrected chi connectivity index (χ0v) is 7.79. The van der Waals surface area contributed by atoms with Crippen LogP contribution in [0, 0.1) is 13.8 Å². The lowest BCUT2D eigenvalue weighted by Gasteiger charge is -2.02. The second-order valence-electron chi connectivity index (χ2n) is 2.94. The SMILES string of the molecule is CCC(=O)Cn1cnc(C)c1C. The molecule has 0 aliphatic heterocycles. The summed E-state index contributed by atoms with van der Waals surface area (Å²) in [5, 5.41) is 0. The van der Waals surface area contributed by atoms with Crippen molar-refractivity contribution < 1.29 is 4.79 Å². The third kappa shape index (κ3) is 1.72. The molecular weight excluding hydrogens is 152 g/mol. The number of carbonyl (C=O) groups excluding carboxylic acids is 1. The first-order valence-corrected chi connectivity index (χ1v) is 4.15. The average Bonchev–Trinajstić information content (AvgIpc) is 2.36. The monoisotopic (exact) mass is 166 g/mol. The predicted molar refractivity (Wildman–Crippen MR) is 47.0 cm³/mol. The van der Waals surface area contributed by atoms with Gasteiger partial charge in [0, 0.05) is 12.1 Å². The summed E-state index contributed by atoms with van der Waals surface area (Å²) in [5.74, 6) is 0.246. The maximum absolute atomic E-state index is 11.1. The van der Waals surface area contributed by atoms with Crippen LogP contribution < -0.4 is 0 Å². The molecule has 0 aliphatic rings. The van der Waals surface area contributed by atoms with Crippen molar-refractivity contribution in [3.63, 3.8) is 0 Å².